The number of halogens is 1. The highest BCUT2D eigenvalue weighted by Crippen LogP contribution is 2.32. The summed E-state index contributed by atoms with van der Waals surface area (Å²) in [6, 6.07) is 0. The number of ether oxygens (including phenoxy) is 2. The van der Waals surface area contributed by atoms with Crippen LogP contribution in [0.15, 0.2) is 6.20 Å². The summed E-state index contributed by atoms with van der Waals surface area (Å²) >= 11 is 5.87. The number of carbonyl (C=O) groups excluding carboxylic acids is 1. The molecule has 0 radical (unpaired) electrons. The predicted octanol–water partition coefficient (Wildman–Crippen LogP) is 3.47. The van der Waals surface area contributed by atoms with Gasteiger partial charge in [0.1, 0.15) is 22.6 Å². The Morgan fingerprint density at radius 3 is 2.71 bits per heavy atom. The van der Waals surface area contributed by atoms with E-state index >= 15 is 0 Å². The molecule has 2 aliphatic heterocycles. The third-order valence-electron chi connectivity index (χ3n) is 4.42. The number of likely N-dealkylation sites (tertiary alicyclic amines) is 1. The molecule has 1 unspecified atom stereocenters. The van der Waals surface area contributed by atoms with E-state index in [1.165, 1.54) is 6.20 Å². The van der Waals surface area contributed by atoms with Crippen LogP contribution in [0.25, 0.3) is 0 Å². The average molecular weight is 354 g/mol. The lowest BCUT2D eigenvalue weighted by atomic mass is 9.87. The van der Waals surface area contributed by atoms with E-state index in [0.717, 1.165) is 31.4 Å². The van der Waals surface area contributed by atoms with Crippen molar-refractivity contribution in [1.82, 2.24) is 14.9 Å². The van der Waals surface area contributed by atoms with Crippen LogP contribution in [0, 0.1) is 5.92 Å². The van der Waals surface area contributed by atoms with E-state index in [1.807, 2.05) is 20.8 Å². The summed E-state index contributed by atoms with van der Waals surface area (Å²) in [7, 11) is 0. The summed E-state index contributed by atoms with van der Waals surface area (Å²) in [6.45, 7) is 7.08. The molecule has 1 aromatic rings. The van der Waals surface area contributed by atoms with E-state index in [-0.39, 0.29) is 12.2 Å². The summed E-state index contributed by atoms with van der Waals surface area (Å²) in [4.78, 5) is 22.4. The van der Waals surface area contributed by atoms with Gasteiger partial charge in [0.15, 0.2) is 0 Å². The van der Waals surface area contributed by atoms with Crippen LogP contribution in [-0.2, 0) is 11.2 Å². The summed E-state index contributed by atoms with van der Waals surface area (Å²) in [5.41, 5.74) is 0.384. The molecule has 0 bridgehead atoms. The van der Waals surface area contributed by atoms with Crippen LogP contribution < -0.4 is 4.74 Å². The van der Waals surface area contributed by atoms with Crippen molar-refractivity contribution < 1.29 is 14.3 Å². The predicted molar refractivity (Wildman–Crippen MR) is 90.3 cm³/mol. The highest BCUT2D eigenvalue weighted by molar-refractivity contribution is 6.29. The van der Waals surface area contributed by atoms with Gasteiger partial charge in [-0.1, -0.05) is 11.6 Å². The van der Waals surface area contributed by atoms with Gasteiger partial charge in [0.25, 0.3) is 0 Å². The minimum Gasteiger partial charge on any atom is -0.473 e. The zero-order valence-corrected chi connectivity index (χ0v) is 15.2. The van der Waals surface area contributed by atoms with Crippen LogP contribution in [0.2, 0.25) is 5.15 Å². The Labute approximate surface area is 147 Å². The molecule has 0 spiro atoms. The van der Waals surface area contributed by atoms with E-state index in [9.17, 15) is 4.79 Å². The first kappa shape index (κ1) is 17.3. The Kier molecular flexibility index (Phi) is 4.85. The molecule has 2 aliphatic rings. The van der Waals surface area contributed by atoms with Crippen LogP contribution in [0.4, 0.5) is 4.79 Å². The maximum atomic E-state index is 12.1. The van der Waals surface area contributed by atoms with E-state index in [1.54, 1.807) is 4.90 Å². The molecule has 132 valence electrons. The number of hydrogen-bond acceptors (Lipinski definition) is 5. The molecule has 1 saturated heterocycles. The molecule has 3 heterocycles. The first-order chi connectivity index (χ1) is 11.3. The van der Waals surface area contributed by atoms with Crippen molar-refractivity contribution in [2.45, 2.75) is 58.2 Å². The third kappa shape index (κ3) is 4.09. The SMILES string of the molecule is CC(C)(C)OC(=O)N1CCC(C2CCc3nc(Cl)cnc3O2)CC1. The van der Waals surface area contributed by atoms with Gasteiger partial charge in [0, 0.05) is 13.1 Å². The molecular weight excluding hydrogens is 330 g/mol. The van der Waals surface area contributed by atoms with Crippen LogP contribution in [-0.4, -0.2) is 45.8 Å². The first-order valence-corrected chi connectivity index (χ1v) is 8.85. The minimum absolute atomic E-state index is 0.133. The zero-order valence-electron chi connectivity index (χ0n) is 14.4. The molecule has 0 aromatic carbocycles. The lowest BCUT2D eigenvalue weighted by molar-refractivity contribution is 0.00817. The lowest BCUT2D eigenvalue weighted by Gasteiger charge is -2.37. The molecule has 0 N–H and O–H groups in total. The number of nitrogens with zero attached hydrogens (tertiary/aromatic N) is 3. The maximum Gasteiger partial charge on any atom is 0.410 e. The lowest BCUT2D eigenvalue weighted by Crippen LogP contribution is -2.45. The van der Waals surface area contributed by atoms with Gasteiger partial charge in [0.2, 0.25) is 5.88 Å². The van der Waals surface area contributed by atoms with Gasteiger partial charge in [0.05, 0.1) is 6.20 Å². The summed E-state index contributed by atoms with van der Waals surface area (Å²) in [5, 5.41) is 0.404. The monoisotopic (exact) mass is 353 g/mol. The Morgan fingerprint density at radius 2 is 2.04 bits per heavy atom. The van der Waals surface area contributed by atoms with Crippen molar-refractivity contribution in [3.63, 3.8) is 0 Å². The second-order valence-electron chi connectivity index (χ2n) is 7.44. The van der Waals surface area contributed by atoms with Gasteiger partial charge in [-0.15, -0.1) is 0 Å². The van der Waals surface area contributed by atoms with Crippen molar-refractivity contribution in [2.75, 3.05) is 13.1 Å². The van der Waals surface area contributed by atoms with Gasteiger partial charge in [-0.2, -0.15) is 0 Å². The number of fused-ring (bicyclic) bond motifs is 1. The summed E-state index contributed by atoms with van der Waals surface area (Å²) in [5.74, 6) is 1.03. The average Bonchev–Trinajstić information content (AvgIpc) is 2.53. The molecule has 1 fully saturated rings. The molecular formula is C17H24ClN3O3. The highest BCUT2D eigenvalue weighted by Gasteiger charge is 2.34. The Balaban J connectivity index is 1.54. The van der Waals surface area contributed by atoms with Crippen molar-refractivity contribution in [2.24, 2.45) is 5.92 Å². The van der Waals surface area contributed by atoms with Crippen molar-refractivity contribution in [3.8, 4) is 5.88 Å². The Bertz CT molecular complexity index is 610. The van der Waals surface area contributed by atoms with Crippen LogP contribution in [0.5, 0.6) is 5.88 Å². The summed E-state index contributed by atoms with van der Waals surface area (Å²) in [6.07, 6.45) is 5.01. The number of piperidine rings is 1. The molecule has 3 rings (SSSR count). The standard InChI is InChI=1S/C17H24ClN3O3/c1-17(2,3)24-16(22)21-8-6-11(7-9-21)13-5-4-12-15(23-13)19-10-14(18)20-12/h10-11,13H,4-9H2,1-3H3. The number of rotatable bonds is 1. The highest BCUT2D eigenvalue weighted by atomic mass is 35.5. The van der Waals surface area contributed by atoms with Gasteiger partial charge < -0.3 is 14.4 Å². The fraction of sp³-hybridized carbons (Fsp3) is 0.706. The van der Waals surface area contributed by atoms with Gasteiger partial charge in [-0.3, -0.25) is 0 Å². The van der Waals surface area contributed by atoms with E-state index in [4.69, 9.17) is 21.1 Å². The molecule has 1 atom stereocenters. The molecule has 0 saturated carbocycles. The van der Waals surface area contributed by atoms with Gasteiger partial charge in [-0.25, -0.2) is 14.8 Å². The minimum atomic E-state index is -0.454. The molecule has 1 amide bonds. The van der Waals surface area contributed by atoms with Crippen LogP contribution in [0.1, 0.15) is 45.7 Å². The second-order valence-corrected chi connectivity index (χ2v) is 7.83. The normalized spacial score (nSPS) is 21.8. The molecule has 7 heteroatoms. The van der Waals surface area contributed by atoms with Gasteiger partial charge in [-0.05, 0) is 52.4 Å². The maximum absolute atomic E-state index is 12.1. The zero-order chi connectivity index (χ0) is 17.3. The second kappa shape index (κ2) is 6.75. The van der Waals surface area contributed by atoms with Crippen LogP contribution >= 0.6 is 11.6 Å². The molecule has 0 aliphatic carbocycles. The number of aryl methyl sites for hydroxylation is 1. The fourth-order valence-corrected chi connectivity index (χ4v) is 3.40. The number of hydrogen-bond donors (Lipinski definition) is 0. The summed E-state index contributed by atoms with van der Waals surface area (Å²) < 4.78 is 11.5. The smallest absolute Gasteiger partial charge is 0.410 e. The number of amides is 1. The van der Waals surface area contributed by atoms with Crippen molar-refractivity contribution in [1.29, 1.82) is 0 Å². The van der Waals surface area contributed by atoms with E-state index < -0.39 is 5.60 Å². The topological polar surface area (TPSA) is 64.5 Å². The number of aromatic nitrogens is 2. The Morgan fingerprint density at radius 1 is 1.33 bits per heavy atom. The van der Waals surface area contributed by atoms with E-state index in [0.29, 0.717) is 30.0 Å². The third-order valence-corrected chi connectivity index (χ3v) is 4.60. The van der Waals surface area contributed by atoms with Gasteiger partial charge >= 0.3 is 6.09 Å². The first-order valence-electron chi connectivity index (χ1n) is 8.48. The molecule has 6 nitrogen and oxygen atoms in total. The molecule has 1 aromatic heterocycles. The Hall–Kier alpha value is -1.56. The number of carbonyl (C=O) groups is 1. The van der Waals surface area contributed by atoms with Crippen molar-refractivity contribution in [3.05, 3.63) is 17.0 Å². The van der Waals surface area contributed by atoms with Crippen LogP contribution in [0.3, 0.4) is 0 Å². The van der Waals surface area contributed by atoms with Crippen molar-refractivity contribution >= 4 is 17.7 Å². The quantitative estimate of drug-likeness (QED) is 0.773. The fourth-order valence-electron chi connectivity index (χ4n) is 3.25. The van der Waals surface area contributed by atoms with E-state index in [2.05, 4.69) is 9.97 Å². The largest absolute Gasteiger partial charge is 0.473 e. The molecule has 24 heavy (non-hydrogen) atoms.